The maximum absolute atomic E-state index is 12.4. The van der Waals surface area contributed by atoms with Crippen molar-refractivity contribution in [3.05, 3.63) is 22.3 Å². The monoisotopic (exact) mass is 222 g/mol. The lowest BCUT2D eigenvalue weighted by molar-refractivity contribution is 0.149. The van der Waals surface area contributed by atoms with Gasteiger partial charge in [-0.25, -0.2) is 13.8 Å². The molecule has 3 nitrogen and oxygen atoms in total. The minimum absolute atomic E-state index is 0.0556. The molecule has 1 heterocycles. The van der Waals surface area contributed by atoms with Gasteiger partial charge in [-0.2, -0.15) is 0 Å². The van der Waals surface area contributed by atoms with Crippen LogP contribution in [0.25, 0.3) is 0 Å². The Morgan fingerprint density at radius 1 is 1.64 bits per heavy atom. The molecule has 0 aliphatic rings. The maximum atomic E-state index is 12.4. The first-order valence-electron chi connectivity index (χ1n) is 3.81. The minimum Gasteiger partial charge on any atom is -0.480 e. The van der Waals surface area contributed by atoms with Crippen LogP contribution >= 0.6 is 11.6 Å². The van der Waals surface area contributed by atoms with Crippen LogP contribution in [0.1, 0.15) is 17.7 Å². The van der Waals surface area contributed by atoms with Crippen molar-refractivity contribution in [1.29, 1.82) is 0 Å². The van der Waals surface area contributed by atoms with E-state index in [2.05, 4.69) is 4.98 Å². The SMILES string of the molecule is COc1nc(CN)c(C(F)F)cc1Cl. The van der Waals surface area contributed by atoms with Gasteiger partial charge in [0, 0.05) is 12.1 Å². The molecule has 0 atom stereocenters. The molecule has 0 saturated heterocycles. The van der Waals surface area contributed by atoms with Crippen LogP contribution in [0.3, 0.4) is 0 Å². The molecule has 1 rings (SSSR count). The van der Waals surface area contributed by atoms with E-state index in [-0.39, 0.29) is 28.7 Å². The summed E-state index contributed by atoms with van der Waals surface area (Å²) in [7, 11) is 1.36. The molecule has 0 spiro atoms. The summed E-state index contributed by atoms with van der Waals surface area (Å²) in [5.74, 6) is 0.108. The smallest absolute Gasteiger partial charge is 0.265 e. The van der Waals surface area contributed by atoms with Gasteiger partial charge >= 0.3 is 0 Å². The summed E-state index contributed by atoms with van der Waals surface area (Å²) in [6.07, 6.45) is -2.63. The summed E-state index contributed by atoms with van der Waals surface area (Å²) in [6, 6.07) is 1.13. The highest BCUT2D eigenvalue weighted by atomic mass is 35.5. The fourth-order valence-electron chi connectivity index (χ4n) is 1.02. The van der Waals surface area contributed by atoms with Gasteiger partial charge in [0.25, 0.3) is 6.43 Å². The van der Waals surface area contributed by atoms with Gasteiger partial charge in [-0.15, -0.1) is 0 Å². The Hall–Kier alpha value is -0.940. The van der Waals surface area contributed by atoms with Crippen LogP contribution in [0, 0.1) is 0 Å². The van der Waals surface area contributed by atoms with E-state index in [0.717, 1.165) is 6.07 Å². The average Bonchev–Trinajstić information content (AvgIpc) is 2.17. The number of rotatable bonds is 3. The van der Waals surface area contributed by atoms with Crippen molar-refractivity contribution < 1.29 is 13.5 Å². The minimum atomic E-state index is -2.63. The summed E-state index contributed by atoms with van der Waals surface area (Å²) < 4.78 is 29.6. The van der Waals surface area contributed by atoms with Crippen LogP contribution in [0.4, 0.5) is 8.78 Å². The quantitative estimate of drug-likeness (QED) is 0.853. The highest BCUT2D eigenvalue weighted by Gasteiger charge is 2.16. The van der Waals surface area contributed by atoms with Gasteiger partial charge in [-0.05, 0) is 6.07 Å². The molecule has 0 radical (unpaired) electrons. The Labute approximate surface area is 84.8 Å². The van der Waals surface area contributed by atoms with Gasteiger partial charge in [-0.1, -0.05) is 11.6 Å². The molecule has 1 aromatic rings. The van der Waals surface area contributed by atoms with Crippen molar-refractivity contribution in [2.75, 3.05) is 7.11 Å². The van der Waals surface area contributed by atoms with Crippen LogP contribution in [0.5, 0.6) is 5.88 Å². The van der Waals surface area contributed by atoms with Crippen LogP contribution in [-0.2, 0) is 6.54 Å². The molecular formula is C8H9ClF2N2O. The molecule has 0 unspecified atom stereocenters. The molecular weight excluding hydrogens is 214 g/mol. The molecule has 2 N–H and O–H groups in total. The third kappa shape index (κ3) is 2.10. The van der Waals surface area contributed by atoms with Gasteiger partial charge in [0.1, 0.15) is 5.02 Å². The summed E-state index contributed by atoms with van der Waals surface area (Å²) in [5, 5.41) is 0.0556. The Morgan fingerprint density at radius 3 is 2.71 bits per heavy atom. The molecule has 6 heteroatoms. The number of ether oxygens (including phenoxy) is 1. The Balaban J connectivity index is 3.24. The van der Waals surface area contributed by atoms with Gasteiger partial charge in [0.2, 0.25) is 5.88 Å². The zero-order valence-electron chi connectivity index (χ0n) is 7.43. The number of nitrogens with two attached hydrogens (primary N) is 1. The van der Waals surface area contributed by atoms with Gasteiger partial charge in [0.15, 0.2) is 0 Å². The summed E-state index contributed by atoms with van der Waals surface area (Å²) in [5.41, 5.74) is 5.11. The molecule has 0 aromatic carbocycles. The molecule has 0 aliphatic heterocycles. The second-order valence-electron chi connectivity index (χ2n) is 2.52. The number of aromatic nitrogens is 1. The van der Waals surface area contributed by atoms with Gasteiger partial charge < -0.3 is 10.5 Å². The largest absolute Gasteiger partial charge is 0.480 e. The summed E-state index contributed by atoms with van der Waals surface area (Å²) >= 11 is 5.64. The van der Waals surface area contributed by atoms with Crippen LogP contribution < -0.4 is 10.5 Å². The number of halogens is 3. The molecule has 0 amide bonds. The van der Waals surface area contributed by atoms with Crippen molar-refractivity contribution >= 4 is 11.6 Å². The first-order chi connectivity index (χ1) is 6.60. The standard InChI is InChI=1S/C8H9ClF2N2O/c1-14-8-5(9)2-4(7(10)11)6(3-12)13-8/h2,7H,3,12H2,1H3. The van der Waals surface area contributed by atoms with Gasteiger partial charge in [-0.3, -0.25) is 0 Å². The predicted molar refractivity (Wildman–Crippen MR) is 48.6 cm³/mol. The Bertz CT molecular complexity index is 333. The molecule has 0 fully saturated rings. The number of pyridine rings is 1. The van der Waals surface area contributed by atoms with E-state index < -0.39 is 6.43 Å². The van der Waals surface area contributed by atoms with E-state index in [1.165, 1.54) is 7.11 Å². The number of hydrogen-bond acceptors (Lipinski definition) is 3. The number of alkyl halides is 2. The third-order valence-corrected chi connectivity index (χ3v) is 1.95. The highest BCUT2D eigenvalue weighted by Crippen LogP contribution is 2.29. The zero-order valence-corrected chi connectivity index (χ0v) is 8.18. The first kappa shape index (κ1) is 11.1. The van der Waals surface area contributed by atoms with Crippen molar-refractivity contribution in [2.45, 2.75) is 13.0 Å². The van der Waals surface area contributed by atoms with Crippen LogP contribution in [0.15, 0.2) is 6.07 Å². The lowest BCUT2D eigenvalue weighted by Gasteiger charge is -2.09. The molecule has 0 saturated carbocycles. The molecule has 1 aromatic heterocycles. The topological polar surface area (TPSA) is 48.1 Å². The molecule has 0 bridgehead atoms. The summed E-state index contributed by atoms with van der Waals surface area (Å²) in [6.45, 7) is -0.0762. The lowest BCUT2D eigenvalue weighted by atomic mass is 10.2. The van der Waals surface area contributed by atoms with E-state index in [9.17, 15) is 8.78 Å². The van der Waals surface area contributed by atoms with Crippen LogP contribution in [-0.4, -0.2) is 12.1 Å². The molecule has 14 heavy (non-hydrogen) atoms. The second kappa shape index (κ2) is 4.52. The Kier molecular flexibility index (Phi) is 3.60. The second-order valence-corrected chi connectivity index (χ2v) is 2.93. The Morgan fingerprint density at radius 2 is 2.29 bits per heavy atom. The first-order valence-corrected chi connectivity index (χ1v) is 4.19. The highest BCUT2D eigenvalue weighted by molar-refractivity contribution is 6.31. The van der Waals surface area contributed by atoms with Crippen LogP contribution in [0.2, 0.25) is 5.02 Å². The summed E-state index contributed by atoms with van der Waals surface area (Å²) in [4.78, 5) is 3.77. The van der Waals surface area contributed by atoms with E-state index in [0.29, 0.717) is 0 Å². The van der Waals surface area contributed by atoms with E-state index in [4.69, 9.17) is 22.1 Å². The molecule has 78 valence electrons. The van der Waals surface area contributed by atoms with E-state index in [1.54, 1.807) is 0 Å². The number of hydrogen-bond donors (Lipinski definition) is 1. The number of nitrogens with zero attached hydrogens (tertiary/aromatic N) is 1. The third-order valence-electron chi connectivity index (χ3n) is 1.68. The van der Waals surface area contributed by atoms with Crippen molar-refractivity contribution in [2.24, 2.45) is 5.73 Å². The van der Waals surface area contributed by atoms with E-state index in [1.807, 2.05) is 0 Å². The predicted octanol–water partition coefficient (Wildman–Crippen LogP) is 2.14. The maximum Gasteiger partial charge on any atom is 0.265 e. The van der Waals surface area contributed by atoms with E-state index >= 15 is 0 Å². The average molecular weight is 223 g/mol. The zero-order chi connectivity index (χ0) is 10.7. The number of methoxy groups -OCH3 is 1. The van der Waals surface area contributed by atoms with Crippen molar-refractivity contribution in [3.63, 3.8) is 0 Å². The lowest BCUT2D eigenvalue weighted by Crippen LogP contribution is -2.06. The fourth-order valence-corrected chi connectivity index (χ4v) is 1.25. The molecule has 0 aliphatic carbocycles. The fraction of sp³-hybridized carbons (Fsp3) is 0.375. The normalized spacial score (nSPS) is 10.7. The van der Waals surface area contributed by atoms with Crippen molar-refractivity contribution in [1.82, 2.24) is 4.98 Å². The van der Waals surface area contributed by atoms with Gasteiger partial charge in [0.05, 0.1) is 12.8 Å². The van der Waals surface area contributed by atoms with Crippen molar-refractivity contribution in [3.8, 4) is 5.88 Å².